The van der Waals surface area contributed by atoms with Gasteiger partial charge in [0.25, 0.3) is 0 Å². The average molecular weight is 139 g/mol. The molecule has 0 saturated heterocycles. The Labute approximate surface area is 62.8 Å². The topological polar surface area (TPSA) is 23.1 Å². The fourth-order valence-electron chi connectivity index (χ4n) is 1.51. The highest BCUT2D eigenvalue weighted by atomic mass is 16.3. The highest BCUT2D eigenvalue weighted by Crippen LogP contribution is 2.24. The smallest absolute Gasteiger partial charge is 0.0326 e. The van der Waals surface area contributed by atoms with Crippen LogP contribution in [0, 0.1) is 0 Å². The minimum absolute atomic E-state index is 0.438. The Bertz CT molecular complexity index is 136. The van der Waals surface area contributed by atoms with Crippen molar-refractivity contribution in [3.63, 3.8) is 0 Å². The molecule has 0 spiro atoms. The monoisotopic (exact) mass is 139 g/mol. The van der Waals surface area contributed by atoms with Crippen LogP contribution in [0.2, 0.25) is 0 Å². The van der Waals surface area contributed by atoms with E-state index in [4.69, 9.17) is 0 Å². The summed E-state index contributed by atoms with van der Waals surface area (Å²) in [4.78, 5) is 0. The summed E-state index contributed by atoms with van der Waals surface area (Å²) >= 11 is 0. The van der Waals surface area contributed by atoms with Gasteiger partial charge in [-0.25, -0.2) is 0 Å². The van der Waals surface area contributed by atoms with Crippen LogP contribution in [0.5, 0.6) is 0 Å². The first-order valence-corrected chi connectivity index (χ1v) is 4.22. The molecule has 0 radical (unpaired) electrons. The first kappa shape index (κ1) is 7.64. The van der Waals surface area contributed by atoms with Gasteiger partial charge >= 0.3 is 0 Å². The largest absolute Gasteiger partial charge is 0.875 e. The van der Waals surface area contributed by atoms with Crippen LogP contribution < -0.4 is 5.11 Å². The third kappa shape index (κ3) is 1.76. The van der Waals surface area contributed by atoms with Crippen molar-refractivity contribution in [2.45, 2.75) is 45.4 Å². The van der Waals surface area contributed by atoms with Gasteiger partial charge in [0, 0.05) is 0 Å². The zero-order valence-corrected chi connectivity index (χ0v) is 6.65. The molecule has 0 fully saturated rings. The van der Waals surface area contributed by atoms with E-state index in [1.807, 2.05) is 0 Å². The van der Waals surface area contributed by atoms with E-state index in [1.165, 1.54) is 12.0 Å². The van der Waals surface area contributed by atoms with Crippen molar-refractivity contribution in [1.82, 2.24) is 0 Å². The molecule has 1 heteroatoms. The molecule has 0 aliphatic heterocycles. The van der Waals surface area contributed by atoms with Crippen LogP contribution in [-0.4, -0.2) is 0 Å². The highest BCUT2D eigenvalue weighted by Gasteiger charge is 2.03. The van der Waals surface area contributed by atoms with E-state index in [9.17, 15) is 5.11 Å². The summed E-state index contributed by atoms with van der Waals surface area (Å²) in [5.41, 5.74) is 1.20. The van der Waals surface area contributed by atoms with Crippen molar-refractivity contribution in [3.8, 4) is 0 Å². The van der Waals surface area contributed by atoms with Gasteiger partial charge in [0.05, 0.1) is 0 Å². The summed E-state index contributed by atoms with van der Waals surface area (Å²) in [5.74, 6) is 0.438. The lowest BCUT2D eigenvalue weighted by molar-refractivity contribution is -0.310. The van der Waals surface area contributed by atoms with E-state index in [0.717, 1.165) is 32.1 Å². The molecule has 0 aromatic rings. The lowest BCUT2D eigenvalue weighted by Gasteiger charge is -2.23. The van der Waals surface area contributed by atoms with Crippen LogP contribution in [0.25, 0.3) is 0 Å². The first-order chi connectivity index (χ1) is 4.84. The Balaban J connectivity index is 2.50. The number of hydrogen-bond acceptors (Lipinski definition) is 1. The quantitative estimate of drug-likeness (QED) is 0.573. The number of hydrogen-bond donors (Lipinski definition) is 0. The SMILES string of the molecule is CCCC1=C([O-])CCCC1. The minimum atomic E-state index is 0.438. The van der Waals surface area contributed by atoms with Gasteiger partial charge in [0.2, 0.25) is 0 Å². The standard InChI is InChI=1S/C9H16O/c1-2-5-8-6-3-4-7-9(8)10/h10H,2-7H2,1H3/p-1. The molecule has 0 aromatic carbocycles. The van der Waals surface area contributed by atoms with Gasteiger partial charge in [-0.2, -0.15) is 0 Å². The molecule has 0 atom stereocenters. The van der Waals surface area contributed by atoms with E-state index < -0.39 is 0 Å². The third-order valence-electron chi connectivity index (χ3n) is 2.08. The molecule has 0 bridgehead atoms. The van der Waals surface area contributed by atoms with Gasteiger partial charge in [-0.3, -0.25) is 0 Å². The molecule has 1 aliphatic rings. The van der Waals surface area contributed by atoms with Crippen molar-refractivity contribution in [2.75, 3.05) is 0 Å². The number of allylic oxidation sites excluding steroid dienone is 2. The van der Waals surface area contributed by atoms with Crippen molar-refractivity contribution in [3.05, 3.63) is 11.3 Å². The molecule has 1 nitrogen and oxygen atoms in total. The van der Waals surface area contributed by atoms with Crippen LogP contribution in [-0.2, 0) is 0 Å². The summed E-state index contributed by atoms with van der Waals surface area (Å²) in [6, 6.07) is 0. The maximum Gasteiger partial charge on any atom is -0.0326 e. The van der Waals surface area contributed by atoms with Gasteiger partial charge in [-0.05, 0) is 25.7 Å². The predicted octanol–water partition coefficient (Wildman–Crippen LogP) is 1.97. The van der Waals surface area contributed by atoms with Crippen molar-refractivity contribution in [2.24, 2.45) is 0 Å². The maximum absolute atomic E-state index is 11.1. The molecule has 0 amide bonds. The Morgan fingerprint density at radius 2 is 2.00 bits per heavy atom. The first-order valence-electron chi connectivity index (χ1n) is 4.22. The second-order valence-electron chi connectivity index (χ2n) is 2.98. The highest BCUT2D eigenvalue weighted by molar-refractivity contribution is 5.08. The molecular weight excluding hydrogens is 124 g/mol. The lowest BCUT2D eigenvalue weighted by atomic mass is 9.95. The van der Waals surface area contributed by atoms with Gasteiger partial charge in [-0.15, -0.1) is 5.76 Å². The van der Waals surface area contributed by atoms with E-state index in [0.29, 0.717) is 5.76 Å². The maximum atomic E-state index is 11.1. The molecule has 1 aliphatic carbocycles. The molecule has 0 unspecified atom stereocenters. The molecule has 0 heterocycles. The Hall–Kier alpha value is -0.460. The van der Waals surface area contributed by atoms with Crippen molar-refractivity contribution >= 4 is 0 Å². The predicted molar refractivity (Wildman–Crippen MR) is 40.4 cm³/mol. The fourth-order valence-corrected chi connectivity index (χ4v) is 1.51. The van der Waals surface area contributed by atoms with Gasteiger partial charge in [0.1, 0.15) is 0 Å². The van der Waals surface area contributed by atoms with Crippen LogP contribution >= 0.6 is 0 Å². The van der Waals surface area contributed by atoms with Gasteiger partial charge < -0.3 is 5.11 Å². The Kier molecular flexibility index (Phi) is 2.79. The van der Waals surface area contributed by atoms with E-state index >= 15 is 0 Å². The Morgan fingerprint density at radius 1 is 1.30 bits per heavy atom. The zero-order chi connectivity index (χ0) is 7.40. The van der Waals surface area contributed by atoms with Crippen molar-refractivity contribution < 1.29 is 5.11 Å². The third-order valence-corrected chi connectivity index (χ3v) is 2.08. The van der Waals surface area contributed by atoms with Crippen LogP contribution in [0.4, 0.5) is 0 Å². The molecule has 58 valence electrons. The summed E-state index contributed by atoms with van der Waals surface area (Å²) in [7, 11) is 0. The minimum Gasteiger partial charge on any atom is -0.875 e. The molecular formula is C9H15O-. The van der Waals surface area contributed by atoms with Gasteiger partial charge in [-0.1, -0.05) is 25.3 Å². The normalized spacial score (nSPS) is 19.7. The van der Waals surface area contributed by atoms with E-state index in [-0.39, 0.29) is 0 Å². The van der Waals surface area contributed by atoms with E-state index in [2.05, 4.69) is 6.92 Å². The number of rotatable bonds is 2. The second kappa shape index (κ2) is 3.65. The average Bonchev–Trinajstić information content (AvgIpc) is 1.94. The molecule has 0 aromatic heterocycles. The summed E-state index contributed by atoms with van der Waals surface area (Å²) in [6.45, 7) is 2.13. The summed E-state index contributed by atoms with van der Waals surface area (Å²) in [5, 5.41) is 11.1. The lowest BCUT2D eigenvalue weighted by Crippen LogP contribution is -2.11. The summed E-state index contributed by atoms with van der Waals surface area (Å²) in [6.07, 6.45) is 6.41. The van der Waals surface area contributed by atoms with Gasteiger partial charge in [0.15, 0.2) is 0 Å². The molecule has 0 N–H and O–H groups in total. The molecule has 10 heavy (non-hydrogen) atoms. The van der Waals surface area contributed by atoms with Crippen LogP contribution in [0.1, 0.15) is 45.4 Å². The van der Waals surface area contributed by atoms with Crippen LogP contribution in [0.3, 0.4) is 0 Å². The zero-order valence-electron chi connectivity index (χ0n) is 6.65. The summed E-state index contributed by atoms with van der Waals surface area (Å²) < 4.78 is 0. The van der Waals surface area contributed by atoms with E-state index in [1.54, 1.807) is 0 Å². The Morgan fingerprint density at radius 3 is 2.60 bits per heavy atom. The fraction of sp³-hybridized carbons (Fsp3) is 0.778. The molecule has 0 saturated carbocycles. The van der Waals surface area contributed by atoms with Crippen molar-refractivity contribution in [1.29, 1.82) is 0 Å². The molecule has 1 rings (SSSR count). The second-order valence-corrected chi connectivity index (χ2v) is 2.98. The van der Waals surface area contributed by atoms with Crippen LogP contribution in [0.15, 0.2) is 11.3 Å².